The SMILES string of the molecule is CC(=O)N[C@@H]1[C@H](O[C@H]2[C@@H](O)[C@@H](CO[C@]3(C(=O)O)C[C@H](O)[C@@H](NC(C)=O)[C@H]([C@H](O)[C@H](O)CO)O3)OC(O)[C@@H]2NC(C)=O)O[C@H](CO)[C@@H](O[C@@H]2O[C@@H](C)[C@@H](O)[C@@H](O)[C@@H]2O)[C@@H]1O[C@@H]1O[C@H](CO)[C@H](O)[C@H](O)[C@H]1O. The lowest BCUT2D eigenvalue weighted by atomic mass is 9.88. The molecule has 0 aromatic carbocycles. The molecule has 1 unspecified atom stereocenters. The van der Waals surface area contributed by atoms with Gasteiger partial charge in [0.15, 0.2) is 25.2 Å². The second-order valence-corrected chi connectivity index (χ2v) is 17.6. The summed E-state index contributed by atoms with van der Waals surface area (Å²) in [7, 11) is 0. The quantitative estimate of drug-likeness (QED) is 0.0606. The van der Waals surface area contributed by atoms with E-state index in [1.54, 1.807) is 0 Å². The first-order valence-corrected chi connectivity index (χ1v) is 22.1. The predicted molar refractivity (Wildman–Crippen MR) is 217 cm³/mol. The van der Waals surface area contributed by atoms with Crippen LogP contribution in [-0.2, 0) is 61.8 Å². The Labute approximate surface area is 397 Å². The summed E-state index contributed by atoms with van der Waals surface area (Å²) in [6.45, 7) is 0.0930. The minimum Gasteiger partial charge on any atom is -0.477 e. The Hall–Kier alpha value is -3.04. The molecule has 0 aliphatic carbocycles. The highest BCUT2D eigenvalue weighted by atomic mass is 16.8. The molecule has 0 aromatic rings. The number of hydrogen-bond acceptors (Lipinski definition) is 27. The molecule has 5 aliphatic rings. The number of nitrogens with one attached hydrogen (secondary N) is 3. The van der Waals surface area contributed by atoms with Crippen molar-refractivity contribution in [3.8, 4) is 0 Å². The molecule has 5 fully saturated rings. The summed E-state index contributed by atoms with van der Waals surface area (Å²) in [6.07, 6.45) is -43.2. The maximum absolute atomic E-state index is 13.0. The van der Waals surface area contributed by atoms with E-state index < -0.39 is 215 Å². The van der Waals surface area contributed by atoms with Crippen LogP contribution < -0.4 is 16.0 Å². The topological polar surface area (TPSA) is 491 Å². The second-order valence-electron chi connectivity index (χ2n) is 17.6. The minimum absolute atomic E-state index is 0.783. The number of carboxylic acids is 1. The second kappa shape index (κ2) is 24.3. The molecule has 0 radical (unpaired) electrons. The standard InChI is InChI=1S/C39H65N3O28/c1-10-22(51)26(55)28(57)36(63-10)67-30-17(8-45)66-35(21(42-13(4)48)33(30)69-37-29(58)27(56)24(53)16(7-44)65-37)68-31-20(41-12(3)47)34(59)64-18(25(31)54)9-62-39(38(60)61)5-14(49)19(40-11(2)46)32(70-39)23(52)15(50)6-43/h10,14-37,43-45,49-59H,5-9H2,1-4H3,(H,40,46)(H,41,47)(H,42,48)(H,60,61)/t10-,14-,15+,16+,17+,18+,19+,20+,21-,22+,23+,24-,25-,26+,27-,28-,29+,30+,31+,32+,33+,34?,35-,36-,37-,39+/m0/s1. The Balaban J connectivity index is 1.52. The van der Waals surface area contributed by atoms with Crippen molar-refractivity contribution < 1.29 is 138 Å². The number of carbonyl (C=O) groups is 4. The van der Waals surface area contributed by atoms with Gasteiger partial charge >= 0.3 is 5.97 Å². The van der Waals surface area contributed by atoms with E-state index in [2.05, 4.69) is 16.0 Å². The first-order valence-electron chi connectivity index (χ1n) is 22.1. The Kier molecular flexibility index (Phi) is 20.1. The van der Waals surface area contributed by atoms with Crippen molar-refractivity contribution >= 4 is 23.7 Å². The van der Waals surface area contributed by atoms with E-state index in [-0.39, 0.29) is 0 Å². The lowest BCUT2D eigenvalue weighted by molar-refractivity contribution is -0.382. The van der Waals surface area contributed by atoms with E-state index in [1.807, 2.05) is 0 Å². The van der Waals surface area contributed by atoms with Gasteiger partial charge in [0, 0.05) is 27.2 Å². The third-order valence-electron chi connectivity index (χ3n) is 12.5. The van der Waals surface area contributed by atoms with E-state index in [4.69, 9.17) is 42.6 Å². The van der Waals surface area contributed by atoms with Crippen LogP contribution in [0.3, 0.4) is 0 Å². The van der Waals surface area contributed by atoms with Gasteiger partial charge in [-0.2, -0.15) is 0 Å². The number of aliphatic carboxylic acids is 1. The van der Waals surface area contributed by atoms with E-state index in [0.717, 1.165) is 20.8 Å². The summed E-state index contributed by atoms with van der Waals surface area (Å²) in [5, 5.41) is 167. The molecule has 404 valence electrons. The molecule has 0 aromatic heterocycles. The van der Waals surface area contributed by atoms with Gasteiger partial charge in [-0.3, -0.25) is 14.4 Å². The molecule has 26 atom stereocenters. The number of aliphatic hydroxyl groups is 14. The average molecular weight is 1020 g/mol. The van der Waals surface area contributed by atoms with Crippen LogP contribution in [0.5, 0.6) is 0 Å². The molecular weight excluding hydrogens is 958 g/mol. The molecule has 31 heteroatoms. The largest absolute Gasteiger partial charge is 0.477 e. The van der Waals surface area contributed by atoms with E-state index in [9.17, 15) is 95.8 Å². The summed E-state index contributed by atoms with van der Waals surface area (Å²) in [5.41, 5.74) is 0. The summed E-state index contributed by atoms with van der Waals surface area (Å²) >= 11 is 0. The third-order valence-corrected chi connectivity index (χ3v) is 12.5. The number of aliphatic hydroxyl groups excluding tert-OH is 14. The van der Waals surface area contributed by atoms with Crippen molar-refractivity contribution in [2.45, 2.75) is 193 Å². The first-order chi connectivity index (χ1) is 32.8. The van der Waals surface area contributed by atoms with Crippen molar-refractivity contribution in [3.05, 3.63) is 0 Å². The molecule has 0 saturated carbocycles. The van der Waals surface area contributed by atoms with Crippen molar-refractivity contribution in [1.29, 1.82) is 0 Å². The van der Waals surface area contributed by atoms with Gasteiger partial charge in [0.2, 0.25) is 17.7 Å². The Bertz CT molecular complexity index is 1760. The van der Waals surface area contributed by atoms with Crippen LogP contribution in [0.2, 0.25) is 0 Å². The monoisotopic (exact) mass is 1020 g/mol. The fraction of sp³-hybridized carbons (Fsp3) is 0.897. The van der Waals surface area contributed by atoms with Gasteiger partial charge in [0.1, 0.15) is 110 Å². The van der Waals surface area contributed by atoms with Crippen LogP contribution in [-0.4, -0.2) is 286 Å². The molecule has 0 spiro atoms. The van der Waals surface area contributed by atoms with Crippen molar-refractivity contribution in [2.75, 3.05) is 26.4 Å². The normalized spacial score (nSPS) is 45.5. The fourth-order valence-corrected chi connectivity index (χ4v) is 8.77. The minimum atomic E-state index is -2.99. The number of ether oxygens (including phenoxy) is 9. The molecule has 18 N–H and O–H groups in total. The molecule has 31 nitrogen and oxygen atoms in total. The Morgan fingerprint density at radius 3 is 1.67 bits per heavy atom. The van der Waals surface area contributed by atoms with Crippen molar-refractivity contribution in [2.24, 2.45) is 0 Å². The van der Waals surface area contributed by atoms with Gasteiger partial charge < -0.3 is 135 Å². The molecule has 0 bridgehead atoms. The number of carbonyl (C=O) groups excluding carboxylic acids is 3. The molecule has 5 heterocycles. The predicted octanol–water partition coefficient (Wildman–Crippen LogP) is -11.3. The van der Waals surface area contributed by atoms with Crippen molar-refractivity contribution in [1.82, 2.24) is 16.0 Å². The lowest BCUT2D eigenvalue weighted by Crippen LogP contribution is -2.72. The van der Waals surface area contributed by atoms with E-state index in [1.165, 1.54) is 6.92 Å². The summed E-state index contributed by atoms with van der Waals surface area (Å²) < 4.78 is 52.3. The molecular formula is C39H65N3O28. The Morgan fingerprint density at radius 1 is 0.600 bits per heavy atom. The number of amides is 3. The van der Waals surface area contributed by atoms with Crippen LogP contribution in [0.25, 0.3) is 0 Å². The Morgan fingerprint density at radius 2 is 1.11 bits per heavy atom. The number of carboxylic acid groups (broad SMARTS) is 1. The molecule has 5 saturated heterocycles. The molecule has 3 amide bonds. The summed E-state index contributed by atoms with van der Waals surface area (Å²) in [5.74, 6) is -7.49. The zero-order chi connectivity index (χ0) is 52.3. The van der Waals surface area contributed by atoms with E-state index >= 15 is 0 Å². The first kappa shape index (κ1) is 57.9. The zero-order valence-corrected chi connectivity index (χ0v) is 38.0. The van der Waals surface area contributed by atoms with Crippen LogP contribution >= 0.6 is 0 Å². The van der Waals surface area contributed by atoms with Gasteiger partial charge in [-0.1, -0.05) is 0 Å². The highest BCUT2D eigenvalue weighted by Gasteiger charge is 2.59. The van der Waals surface area contributed by atoms with Crippen molar-refractivity contribution in [3.63, 3.8) is 0 Å². The van der Waals surface area contributed by atoms with Gasteiger partial charge in [0.25, 0.3) is 5.79 Å². The van der Waals surface area contributed by atoms with Crippen LogP contribution in [0, 0.1) is 0 Å². The summed E-state index contributed by atoms with van der Waals surface area (Å²) in [6, 6.07) is -5.22. The van der Waals surface area contributed by atoms with Gasteiger partial charge in [-0.05, 0) is 6.92 Å². The maximum Gasteiger partial charge on any atom is 0.364 e. The zero-order valence-electron chi connectivity index (χ0n) is 38.0. The van der Waals surface area contributed by atoms with Gasteiger partial charge in [-0.25, -0.2) is 4.79 Å². The molecule has 70 heavy (non-hydrogen) atoms. The third kappa shape index (κ3) is 12.6. The summed E-state index contributed by atoms with van der Waals surface area (Å²) in [4.78, 5) is 50.3. The highest BCUT2D eigenvalue weighted by molar-refractivity contribution is 5.77. The maximum atomic E-state index is 13.0. The number of rotatable bonds is 18. The smallest absolute Gasteiger partial charge is 0.364 e. The molecule has 5 aliphatic heterocycles. The number of hydrogen-bond donors (Lipinski definition) is 18. The molecule has 5 rings (SSSR count). The average Bonchev–Trinajstić information content (AvgIpc) is 3.30. The van der Waals surface area contributed by atoms with Crippen LogP contribution in [0.15, 0.2) is 0 Å². The fourth-order valence-electron chi connectivity index (χ4n) is 8.77. The van der Waals surface area contributed by atoms with E-state index in [0.29, 0.717) is 0 Å². The van der Waals surface area contributed by atoms with Crippen LogP contribution in [0.1, 0.15) is 34.1 Å². The van der Waals surface area contributed by atoms with Gasteiger partial charge in [0.05, 0.1) is 44.7 Å². The van der Waals surface area contributed by atoms with Gasteiger partial charge in [-0.15, -0.1) is 0 Å². The van der Waals surface area contributed by atoms with Crippen LogP contribution in [0.4, 0.5) is 0 Å². The lowest BCUT2D eigenvalue weighted by Gasteiger charge is -2.51. The highest BCUT2D eigenvalue weighted by Crippen LogP contribution is 2.38.